The van der Waals surface area contributed by atoms with Crippen molar-refractivity contribution in [3.8, 4) is 0 Å². The van der Waals surface area contributed by atoms with Gasteiger partial charge in [0.25, 0.3) is 11.8 Å². The number of oxime groups is 1. The maximum Gasteiger partial charge on any atom is 0.353 e. The summed E-state index contributed by atoms with van der Waals surface area (Å²) in [5.41, 5.74) is 11.2. The van der Waals surface area contributed by atoms with Gasteiger partial charge >= 0.3 is 5.97 Å². The fraction of sp³-hybridized carbons (Fsp3) is 0.318. The molecule has 10 N–H and O–H groups in total. The molecule has 0 aliphatic carbocycles. The zero-order valence-corrected chi connectivity index (χ0v) is 24.3. The standard InChI is InChI=1S/C22H25N9O6S4/c23-21(24)27-10(4-32)6-38-5-9-3-26-2-1-12(9)41-13-8-39-19-15(18(34)31(19)16(13)20(35)36)29-17(33)14(30-37)11-7-40-22(25)28-11/h1-3,7,10,15,19,32,37H,4-6,8H2,(H2,25,28)(H,29,33)(H,35,36)(H4,23,24,27)/b30-14-/t10?,15-,19+/m1/s1. The van der Waals surface area contributed by atoms with E-state index in [9.17, 15) is 29.8 Å². The molecule has 0 radical (unpaired) electrons. The normalized spacial score (nSPS) is 19.3. The Hall–Kier alpha value is -3.52. The number of amides is 2. The van der Waals surface area contributed by atoms with Crippen LogP contribution >= 0.6 is 46.6 Å². The number of nitrogens with one attached hydrogen (secondary N) is 3. The lowest BCUT2D eigenvalue weighted by Crippen LogP contribution is -2.71. The number of carboxylic acids is 1. The molecule has 1 unspecified atom stereocenters. The highest BCUT2D eigenvalue weighted by Gasteiger charge is 2.54. The number of nitrogens with zero attached hydrogens (tertiary/aromatic N) is 4. The Labute approximate surface area is 249 Å². The van der Waals surface area contributed by atoms with Gasteiger partial charge in [-0.15, -0.1) is 23.1 Å². The molecule has 19 heteroatoms. The maximum absolute atomic E-state index is 13.1. The number of aliphatic hydroxyl groups excluding tert-OH is 1. The molecular weight excluding hydrogens is 615 g/mol. The number of hydrogen-bond acceptors (Lipinski definition) is 14. The van der Waals surface area contributed by atoms with E-state index in [-0.39, 0.29) is 34.8 Å². The Kier molecular flexibility index (Phi) is 9.97. The van der Waals surface area contributed by atoms with E-state index in [2.05, 4.69) is 25.8 Å². The Morgan fingerprint density at radius 1 is 1.39 bits per heavy atom. The summed E-state index contributed by atoms with van der Waals surface area (Å²) < 4.78 is 0. The molecule has 0 saturated carbocycles. The monoisotopic (exact) mass is 639 g/mol. The highest BCUT2D eigenvalue weighted by atomic mass is 32.2. The minimum Gasteiger partial charge on any atom is -0.477 e. The number of carboxylic acid groups (broad SMARTS) is 1. The number of anilines is 1. The zero-order valence-electron chi connectivity index (χ0n) is 21.0. The van der Waals surface area contributed by atoms with Gasteiger partial charge in [0.05, 0.1) is 12.6 Å². The minimum absolute atomic E-state index is 0.0468. The molecule has 1 saturated heterocycles. The number of aliphatic carboxylic acids is 1. The molecule has 0 spiro atoms. The lowest BCUT2D eigenvalue weighted by atomic mass is 10.0. The van der Waals surface area contributed by atoms with E-state index >= 15 is 0 Å². The number of β-lactam (4-membered cyclic amide) rings is 1. The number of carbonyl (C=O) groups is 3. The van der Waals surface area contributed by atoms with Gasteiger partial charge in [-0.2, -0.15) is 11.8 Å². The van der Waals surface area contributed by atoms with Crippen LogP contribution in [0.25, 0.3) is 0 Å². The summed E-state index contributed by atoms with van der Waals surface area (Å²) in [6.45, 7) is -0.201. The summed E-state index contributed by atoms with van der Waals surface area (Å²) in [4.78, 5) is 48.5. The molecule has 41 heavy (non-hydrogen) atoms. The van der Waals surface area contributed by atoms with Crippen molar-refractivity contribution >= 4 is 81.2 Å². The first kappa shape index (κ1) is 30.4. The van der Waals surface area contributed by atoms with Crippen LogP contribution in [0.4, 0.5) is 5.13 Å². The van der Waals surface area contributed by atoms with Gasteiger partial charge in [-0.3, -0.25) is 24.9 Å². The number of aromatic nitrogens is 2. The first-order chi connectivity index (χ1) is 19.6. The predicted octanol–water partition coefficient (Wildman–Crippen LogP) is -0.136. The average molecular weight is 640 g/mol. The van der Waals surface area contributed by atoms with E-state index < -0.39 is 41.0 Å². The van der Waals surface area contributed by atoms with Crippen molar-refractivity contribution in [2.24, 2.45) is 10.9 Å². The minimum atomic E-state index is -1.28. The number of aliphatic hydroxyl groups is 1. The smallest absolute Gasteiger partial charge is 0.353 e. The SMILES string of the molecule is N=C(N)NC(CO)CSCc1cnccc1SC1=C(C(=O)O)N2C(=O)[C@@H](NC(=O)/C(=N\O)c3csc(N)n3)[C@@H]2SC1. The number of carbonyl (C=O) groups excluding carboxylic acids is 2. The van der Waals surface area contributed by atoms with E-state index in [1.165, 1.54) is 40.7 Å². The predicted molar refractivity (Wildman–Crippen MR) is 157 cm³/mol. The van der Waals surface area contributed by atoms with Crippen LogP contribution in [0, 0.1) is 5.41 Å². The van der Waals surface area contributed by atoms with E-state index in [1.54, 1.807) is 18.5 Å². The number of rotatable bonds is 12. The summed E-state index contributed by atoms with van der Waals surface area (Å²) in [6, 6.07) is 0.323. The van der Waals surface area contributed by atoms with Gasteiger partial charge in [0, 0.05) is 44.8 Å². The summed E-state index contributed by atoms with van der Waals surface area (Å²) in [7, 11) is 0. The summed E-state index contributed by atoms with van der Waals surface area (Å²) in [5.74, 6) is -1.76. The van der Waals surface area contributed by atoms with Crippen molar-refractivity contribution in [1.82, 2.24) is 25.5 Å². The second-order valence-corrected chi connectivity index (χ2v) is 12.7. The van der Waals surface area contributed by atoms with E-state index in [1.807, 2.05) is 0 Å². The van der Waals surface area contributed by atoms with Crippen LogP contribution in [0.3, 0.4) is 0 Å². The van der Waals surface area contributed by atoms with Gasteiger partial charge in [0.15, 0.2) is 16.8 Å². The van der Waals surface area contributed by atoms with Gasteiger partial charge in [0.2, 0.25) is 0 Å². The first-order valence-corrected chi connectivity index (χ1v) is 15.6. The highest BCUT2D eigenvalue weighted by molar-refractivity contribution is 8.06. The van der Waals surface area contributed by atoms with Crippen LogP contribution in [0.5, 0.6) is 0 Å². The van der Waals surface area contributed by atoms with Crippen molar-refractivity contribution in [3.05, 3.63) is 45.7 Å². The number of pyridine rings is 1. The molecule has 4 heterocycles. The van der Waals surface area contributed by atoms with Crippen molar-refractivity contribution in [3.63, 3.8) is 0 Å². The molecule has 4 rings (SSSR count). The molecule has 1 fully saturated rings. The molecule has 218 valence electrons. The lowest BCUT2D eigenvalue weighted by Gasteiger charge is -2.49. The average Bonchev–Trinajstić information content (AvgIpc) is 3.37. The molecule has 0 bridgehead atoms. The molecule has 2 aromatic rings. The number of thioether (sulfide) groups is 3. The molecule has 3 atom stereocenters. The third-order valence-electron chi connectivity index (χ3n) is 5.75. The number of hydrogen-bond donors (Lipinski definition) is 8. The summed E-state index contributed by atoms with van der Waals surface area (Å²) in [6.07, 6.45) is 3.25. The van der Waals surface area contributed by atoms with Gasteiger partial charge in [0.1, 0.15) is 22.8 Å². The molecule has 0 aromatic carbocycles. The summed E-state index contributed by atoms with van der Waals surface area (Å²) >= 11 is 5.04. The zero-order chi connectivity index (χ0) is 29.7. The molecule has 2 aliphatic heterocycles. The van der Waals surface area contributed by atoms with Gasteiger partial charge in [-0.1, -0.05) is 16.9 Å². The van der Waals surface area contributed by atoms with Gasteiger partial charge in [-0.25, -0.2) is 9.78 Å². The Balaban J connectivity index is 1.46. The van der Waals surface area contributed by atoms with Crippen LogP contribution in [0.15, 0.2) is 44.5 Å². The molecular formula is C22H25N9O6S4. The Morgan fingerprint density at radius 2 is 2.17 bits per heavy atom. The quantitative estimate of drug-likeness (QED) is 0.0495. The highest BCUT2D eigenvalue weighted by Crippen LogP contribution is 2.45. The number of nitrogens with two attached hydrogens (primary N) is 2. The van der Waals surface area contributed by atoms with Crippen molar-refractivity contribution in [2.75, 3.05) is 23.8 Å². The van der Waals surface area contributed by atoms with E-state index in [0.29, 0.717) is 16.4 Å². The molecule has 2 aromatic heterocycles. The topological polar surface area (TPSA) is 253 Å². The lowest BCUT2D eigenvalue weighted by molar-refractivity contribution is -0.150. The Bertz CT molecular complexity index is 1420. The number of nitrogen functional groups attached to an aromatic ring is 1. The largest absolute Gasteiger partial charge is 0.477 e. The van der Waals surface area contributed by atoms with Crippen molar-refractivity contribution in [2.45, 2.75) is 28.1 Å². The van der Waals surface area contributed by atoms with Gasteiger partial charge in [-0.05, 0) is 11.6 Å². The van der Waals surface area contributed by atoms with Crippen LogP contribution in [0.1, 0.15) is 11.3 Å². The molecule has 2 aliphatic rings. The number of guanidine groups is 1. The van der Waals surface area contributed by atoms with Crippen LogP contribution in [-0.4, -0.2) is 95.3 Å². The van der Waals surface area contributed by atoms with Crippen LogP contribution < -0.4 is 22.1 Å². The number of thiazole rings is 1. The molecule has 2 amide bonds. The second-order valence-electron chi connectivity index (χ2n) is 8.50. The van der Waals surface area contributed by atoms with Crippen LogP contribution in [-0.2, 0) is 20.1 Å². The van der Waals surface area contributed by atoms with Gasteiger partial charge < -0.3 is 37.5 Å². The fourth-order valence-corrected chi connectivity index (χ4v) is 8.16. The maximum atomic E-state index is 13.1. The summed E-state index contributed by atoms with van der Waals surface area (Å²) in [5, 5.41) is 45.3. The number of fused-ring (bicyclic) bond motifs is 1. The third kappa shape index (κ3) is 6.87. The second kappa shape index (κ2) is 13.4. The third-order valence-corrected chi connectivity index (χ3v) is 10.2. The Morgan fingerprint density at radius 3 is 2.80 bits per heavy atom. The van der Waals surface area contributed by atoms with Crippen molar-refractivity contribution < 1.29 is 29.8 Å². The van der Waals surface area contributed by atoms with E-state index in [0.717, 1.165) is 26.7 Å². The molecule has 15 nitrogen and oxygen atoms in total. The first-order valence-electron chi connectivity index (χ1n) is 11.7. The van der Waals surface area contributed by atoms with Crippen LogP contribution in [0.2, 0.25) is 0 Å². The fourth-order valence-electron chi connectivity index (χ4n) is 3.91. The van der Waals surface area contributed by atoms with E-state index in [4.69, 9.17) is 16.9 Å². The van der Waals surface area contributed by atoms with Crippen molar-refractivity contribution in [1.29, 1.82) is 5.41 Å².